The number of hydrogen-bond acceptors (Lipinski definition) is 5. The molecule has 1 fully saturated rings. The van der Waals surface area contributed by atoms with Gasteiger partial charge in [-0.15, -0.1) is 0 Å². The van der Waals surface area contributed by atoms with E-state index in [1.807, 2.05) is 24.8 Å². The molecule has 29 heavy (non-hydrogen) atoms. The Morgan fingerprint density at radius 2 is 1.90 bits per heavy atom. The third-order valence-electron chi connectivity index (χ3n) is 5.33. The lowest BCUT2D eigenvalue weighted by Gasteiger charge is -2.27. The number of halogens is 1. The number of carbonyl (C=O) groups excluding carboxylic acids is 1. The molecule has 3 aromatic rings. The molecule has 0 N–H and O–H groups in total. The second-order valence-electron chi connectivity index (χ2n) is 7.75. The Morgan fingerprint density at radius 1 is 1.10 bits per heavy atom. The lowest BCUT2D eigenvalue weighted by molar-refractivity contribution is 0.0640. The molecule has 0 aliphatic carbocycles. The third kappa shape index (κ3) is 4.09. The first kappa shape index (κ1) is 19.4. The Balaban J connectivity index is 1.61. The van der Waals surface area contributed by atoms with Crippen LogP contribution in [-0.4, -0.2) is 27.7 Å². The molecule has 1 aliphatic heterocycles. The standard InChI is InChI=1S/C22H24FN3O3/c1-14(2)20-13-18(25-28-20)22(27)26-11-5-3-4-6-19(26)21-12-17(24-29-21)15-7-9-16(23)10-8-15/h7-10,12-14,19H,3-6,11H2,1-2H3/t19-/m1/s1. The van der Waals surface area contributed by atoms with Gasteiger partial charge in [-0.05, 0) is 37.1 Å². The monoisotopic (exact) mass is 397 g/mol. The molecule has 152 valence electrons. The van der Waals surface area contributed by atoms with Gasteiger partial charge in [0, 0.05) is 30.2 Å². The molecule has 0 spiro atoms. The van der Waals surface area contributed by atoms with Crippen LogP contribution in [-0.2, 0) is 0 Å². The van der Waals surface area contributed by atoms with E-state index >= 15 is 0 Å². The topological polar surface area (TPSA) is 72.4 Å². The van der Waals surface area contributed by atoms with Gasteiger partial charge >= 0.3 is 0 Å². The van der Waals surface area contributed by atoms with Crippen LogP contribution in [0.25, 0.3) is 11.3 Å². The number of likely N-dealkylation sites (tertiary alicyclic amines) is 1. The summed E-state index contributed by atoms with van der Waals surface area (Å²) in [5.74, 6) is 1.03. The molecule has 2 aromatic heterocycles. The van der Waals surface area contributed by atoms with E-state index < -0.39 is 0 Å². The fourth-order valence-electron chi connectivity index (χ4n) is 3.66. The van der Waals surface area contributed by atoms with Crippen LogP contribution in [0.3, 0.4) is 0 Å². The van der Waals surface area contributed by atoms with E-state index in [4.69, 9.17) is 9.05 Å². The minimum atomic E-state index is -0.300. The molecule has 4 rings (SSSR count). The summed E-state index contributed by atoms with van der Waals surface area (Å²) in [7, 11) is 0. The number of hydrogen-bond donors (Lipinski definition) is 0. The summed E-state index contributed by atoms with van der Waals surface area (Å²) in [5.41, 5.74) is 1.71. The van der Waals surface area contributed by atoms with E-state index in [-0.39, 0.29) is 23.7 Å². The highest BCUT2D eigenvalue weighted by molar-refractivity contribution is 5.92. The van der Waals surface area contributed by atoms with Crippen LogP contribution < -0.4 is 0 Å². The highest BCUT2D eigenvalue weighted by Crippen LogP contribution is 2.33. The lowest BCUT2D eigenvalue weighted by atomic mass is 10.0. The van der Waals surface area contributed by atoms with Gasteiger partial charge in [0.05, 0.1) is 6.04 Å². The zero-order valence-electron chi connectivity index (χ0n) is 16.6. The Hall–Kier alpha value is -2.96. The van der Waals surface area contributed by atoms with Gasteiger partial charge in [0.25, 0.3) is 5.91 Å². The van der Waals surface area contributed by atoms with Crippen molar-refractivity contribution in [3.8, 4) is 11.3 Å². The maximum atomic E-state index is 13.2. The van der Waals surface area contributed by atoms with E-state index in [0.29, 0.717) is 29.5 Å². The molecule has 1 aromatic carbocycles. The number of carbonyl (C=O) groups is 1. The van der Waals surface area contributed by atoms with Gasteiger partial charge in [-0.1, -0.05) is 37.0 Å². The minimum Gasteiger partial charge on any atom is -0.360 e. The molecule has 0 bridgehead atoms. The van der Waals surface area contributed by atoms with Gasteiger partial charge in [-0.2, -0.15) is 0 Å². The van der Waals surface area contributed by atoms with Crippen molar-refractivity contribution >= 4 is 5.91 Å². The first-order chi connectivity index (χ1) is 14.0. The summed E-state index contributed by atoms with van der Waals surface area (Å²) in [6, 6.07) is 9.45. The first-order valence-electron chi connectivity index (χ1n) is 10.0. The second kappa shape index (κ2) is 8.19. The lowest BCUT2D eigenvalue weighted by Crippen LogP contribution is -2.34. The molecule has 0 unspecified atom stereocenters. The van der Waals surface area contributed by atoms with Crippen LogP contribution in [0.2, 0.25) is 0 Å². The van der Waals surface area contributed by atoms with Crippen molar-refractivity contribution < 1.29 is 18.2 Å². The van der Waals surface area contributed by atoms with Gasteiger partial charge in [-0.25, -0.2) is 4.39 Å². The van der Waals surface area contributed by atoms with Crippen LogP contribution in [0.15, 0.2) is 45.4 Å². The average Bonchev–Trinajstić information content (AvgIpc) is 3.33. The average molecular weight is 397 g/mol. The maximum absolute atomic E-state index is 13.2. The van der Waals surface area contributed by atoms with Gasteiger partial charge in [0.15, 0.2) is 11.5 Å². The number of rotatable bonds is 4. The van der Waals surface area contributed by atoms with E-state index in [0.717, 1.165) is 31.2 Å². The summed E-state index contributed by atoms with van der Waals surface area (Å²) < 4.78 is 24.1. The van der Waals surface area contributed by atoms with Crippen molar-refractivity contribution in [2.75, 3.05) is 6.54 Å². The van der Waals surface area contributed by atoms with Gasteiger partial charge in [-0.3, -0.25) is 4.79 Å². The Morgan fingerprint density at radius 3 is 2.62 bits per heavy atom. The zero-order chi connectivity index (χ0) is 20.4. The highest BCUT2D eigenvalue weighted by Gasteiger charge is 2.32. The summed E-state index contributed by atoms with van der Waals surface area (Å²) in [6.07, 6.45) is 3.77. The maximum Gasteiger partial charge on any atom is 0.276 e. The van der Waals surface area contributed by atoms with Gasteiger partial charge < -0.3 is 13.9 Å². The van der Waals surface area contributed by atoms with Crippen LogP contribution in [0.5, 0.6) is 0 Å². The minimum absolute atomic E-state index is 0.160. The normalized spacial score (nSPS) is 17.5. The molecule has 7 heteroatoms. The molecule has 1 saturated heterocycles. The van der Waals surface area contributed by atoms with Crippen molar-refractivity contribution in [3.05, 3.63) is 59.4 Å². The van der Waals surface area contributed by atoms with Gasteiger partial charge in [0.2, 0.25) is 0 Å². The van der Waals surface area contributed by atoms with Crippen molar-refractivity contribution in [3.63, 3.8) is 0 Å². The summed E-state index contributed by atoms with van der Waals surface area (Å²) >= 11 is 0. The zero-order valence-corrected chi connectivity index (χ0v) is 16.6. The summed E-state index contributed by atoms with van der Waals surface area (Å²) in [5, 5.41) is 8.13. The number of amides is 1. The molecule has 0 saturated carbocycles. The van der Waals surface area contributed by atoms with Crippen LogP contribution in [0, 0.1) is 5.82 Å². The van der Waals surface area contributed by atoms with E-state index in [9.17, 15) is 9.18 Å². The molecule has 1 atom stereocenters. The van der Waals surface area contributed by atoms with E-state index in [2.05, 4.69) is 10.3 Å². The Bertz CT molecular complexity index is 977. The highest BCUT2D eigenvalue weighted by atomic mass is 19.1. The second-order valence-corrected chi connectivity index (χ2v) is 7.75. The summed E-state index contributed by atoms with van der Waals surface area (Å²) in [4.78, 5) is 15.0. The number of benzene rings is 1. The van der Waals surface area contributed by atoms with Crippen LogP contribution >= 0.6 is 0 Å². The largest absolute Gasteiger partial charge is 0.360 e. The molecule has 6 nitrogen and oxygen atoms in total. The van der Waals surface area contributed by atoms with Crippen LogP contribution in [0.4, 0.5) is 4.39 Å². The predicted octanol–water partition coefficient (Wildman–Crippen LogP) is 5.35. The number of aromatic nitrogens is 2. The van der Waals surface area contributed by atoms with Gasteiger partial charge in [0.1, 0.15) is 17.3 Å². The Labute approximate surface area is 168 Å². The molecular weight excluding hydrogens is 373 g/mol. The fraction of sp³-hybridized carbons (Fsp3) is 0.409. The summed E-state index contributed by atoms with van der Waals surface area (Å²) in [6.45, 7) is 4.62. The molecule has 0 radical (unpaired) electrons. The Kier molecular flexibility index (Phi) is 5.47. The molecular formula is C22H24FN3O3. The van der Waals surface area contributed by atoms with Crippen molar-refractivity contribution in [1.29, 1.82) is 0 Å². The van der Waals surface area contributed by atoms with Crippen molar-refractivity contribution in [1.82, 2.24) is 15.2 Å². The van der Waals surface area contributed by atoms with E-state index in [1.165, 1.54) is 12.1 Å². The van der Waals surface area contributed by atoms with Crippen LogP contribution in [0.1, 0.15) is 73.5 Å². The fourth-order valence-corrected chi connectivity index (χ4v) is 3.66. The predicted molar refractivity (Wildman–Crippen MR) is 105 cm³/mol. The first-order valence-corrected chi connectivity index (χ1v) is 10.0. The molecule has 3 heterocycles. The smallest absolute Gasteiger partial charge is 0.276 e. The van der Waals surface area contributed by atoms with Crippen molar-refractivity contribution in [2.45, 2.75) is 51.5 Å². The molecule has 1 aliphatic rings. The molecule has 1 amide bonds. The van der Waals surface area contributed by atoms with E-state index in [1.54, 1.807) is 18.2 Å². The van der Waals surface area contributed by atoms with Crippen molar-refractivity contribution in [2.24, 2.45) is 0 Å². The SMILES string of the molecule is CC(C)c1cc(C(=O)N2CCCCC[C@@H]2c2cc(-c3ccc(F)cc3)no2)no1. The third-order valence-corrected chi connectivity index (χ3v) is 5.33. The quantitative estimate of drug-likeness (QED) is 0.593. The number of nitrogens with zero attached hydrogens (tertiary/aromatic N) is 3.